The van der Waals surface area contributed by atoms with Crippen LogP contribution in [0.25, 0.3) is 22.0 Å². The van der Waals surface area contributed by atoms with Gasteiger partial charge in [-0.15, -0.1) is 0 Å². The number of rotatable bonds is 10. The van der Waals surface area contributed by atoms with E-state index in [9.17, 15) is 19.7 Å². The summed E-state index contributed by atoms with van der Waals surface area (Å²) < 4.78 is 28.3. The van der Waals surface area contributed by atoms with Crippen molar-refractivity contribution in [1.29, 1.82) is 0 Å². The topological polar surface area (TPSA) is 177 Å². The predicted octanol–water partition coefficient (Wildman–Crippen LogP) is 7.57. The summed E-state index contributed by atoms with van der Waals surface area (Å²) in [5, 5.41) is 17.6. The maximum absolute atomic E-state index is 12.6. The Hall–Kier alpha value is -6.64. The average molecular weight is 709 g/mol. The van der Waals surface area contributed by atoms with Crippen molar-refractivity contribution in [3.05, 3.63) is 95.3 Å². The molecule has 0 aliphatic carbocycles. The van der Waals surface area contributed by atoms with Crippen LogP contribution in [-0.2, 0) is 4.74 Å². The van der Waals surface area contributed by atoms with Crippen LogP contribution in [0.3, 0.4) is 0 Å². The minimum atomic E-state index is -0.753. The van der Waals surface area contributed by atoms with Crippen LogP contribution in [0.5, 0.6) is 23.0 Å². The summed E-state index contributed by atoms with van der Waals surface area (Å²) in [5.74, 6) is 2.16. The van der Waals surface area contributed by atoms with Crippen molar-refractivity contribution >= 4 is 46.0 Å². The predicted molar refractivity (Wildman–Crippen MR) is 193 cm³/mol. The van der Waals surface area contributed by atoms with Crippen molar-refractivity contribution in [3.63, 3.8) is 0 Å². The van der Waals surface area contributed by atoms with E-state index in [-0.39, 0.29) is 23.6 Å². The Labute approximate surface area is 298 Å². The molecule has 15 heteroatoms. The highest BCUT2D eigenvalue weighted by molar-refractivity contribution is 5.94. The zero-order chi connectivity index (χ0) is 37.0. The van der Waals surface area contributed by atoms with E-state index in [4.69, 9.17) is 23.7 Å². The first-order valence-electron chi connectivity index (χ1n) is 16.1. The van der Waals surface area contributed by atoms with Crippen LogP contribution < -0.4 is 29.6 Å². The number of carbonyl (C=O) groups is 2. The van der Waals surface area contributed by atoms with Crippen molar-refractivity contribution in [2.24, 2.45) is 0 Å². The lowest BCUT2D eigenvalue weighted by atomic mass is 10.0. The molecular formula is C37H36N6O9. The summed E-state index contributed by atoms with van der Waals surface area (Å²) in [7, 11) is 3.11. The van der Waals surface area contributed by atoms with Crippen molar-refractivity contribution in [2.75, 3.05) is 37.9 Å². The standard InChI is InChI=1S/C37H36N6O9/c1-37(2,3)52-36(45)42-19-27(20-42)50-33-17-28-29(18-32(33)49-5)38-21-39-34(28)41-30-16-23(9-14-31(30)48-4)22-7-6-8-24(15-22)40-35(44)51-26-12-10-25(11-13-26)43(46)47/h6-18,21,27H,19-20H2,1-5H3,(H,40,44)(H,38,39,41). The summed E-state index contributed by atoms with van der Waals surface area (Å²) in [5.41, 5.74) is 2.58. The summed E-state index contributed by atoms with van der Waals surface area (Å²) >= 11 is 0. The lowest BCUT2D eigenvalue weighted by molar-refractivity contribution is -0.384. The fourth-order valence-corrected chi connectivity index (χ4v) is 5.36. The van der Waals surface area contributed by atoms with Crippen LogP contribution in [-0.4, -0.2) is 71.0 Å². The van der Waals surface area contributed by atoms with Crippen molar-refractivity contribution < 1.29 is 38.2 Å². The SMILES string of the molecule is COc1ccc(-c2cccc(NC(=O)Oc3ccc([N+](=O)[O-])cc3)c2)cc1Nc1ncnc2cc(OC)c(OC3CN(C(=O)OC(C)(C)C)C3)cc12. The van der Waals surface area contributed by atoms with E-state index in [1.807, 2.05) is 45.0 Å². The Balaban J connectivity index is 1.20. The van der Waals surface area contributed by atoms with Crippen molar-refractivity contribution in [3.8, 4) is 34.1 Å². The molecule has 4 aromatic carbocycles. The summed E-state index contributed by atoms with van der Waals surface area (Å²) in [6, 6.07) is 21.5. The number of hydrogen-bond donors (Lipinski definition) is 2. The number of benzene rings is 4. The van der Waals surface area contributed by atoms with Gasteiger partial charge in [0.1, 0.15) is 35.3 Å². The Kier molecular flexibility index (Phi) is 9.94. The first kappa shape index (κ1) is 35.2. The van der Waals surface area contributed by atoms with E-state index in [1.165, 1.54) is 30.6 Å². The molecule has 2 heterocycles. The van der Waals surface area contributed by atoms with Gasteiger partial charge in [0, 0.05) is 29.3 Å². The van der Waals surface area contributed by atoms with Gasteiger partial charge in [-0.05, 0) is 74.4 Å². The van der Waals surface area contributed by atoms with E-state index in [1.54, 1.807) is 49.5 Å². The fraction of sp³-hybridized carbons (Fsp3) is 0.243. The van der Waals surface area contributed by atoms with Crippen LogP contribution in [0.4, 0.5) is 32.5 Å². The number of aromatic nitrogens is 2. The molecule has 268 valence electrons. The second-order valence-corrected chi connectivity index (χ2v) is 12.8. The molecule has 1 fully saturated rings. The van der Waals surface area contributed by atoms with Crippen LogP contribution >= 0.6 is 0 Å². The minimum Gasteiger partial charge on any atom is -0.495 e. The maximum atomic E-state index is 12.6. The third kappa shape index (κ3) is 8.21. The van der Waals surface area contributed by atoms with Crippen LogP contribution in [0, 0.1) is 10.1 Å². The minimum absolute atomic E-state index is 0.112. The van der Waals surface area contributed by atoms with Gasteiger partial charge in [-0.25, -0.2) is 19.6 Å². The van der Waals surface area contributed by atoms with Gasteiger partial charge in [-0.2, -0.15) is 0 Å². The van der Waals surface area contributed by atoms with E-state index < -0.39 is 16.6 Å². The van der Waals surface area contributed by atoms with E-state index in [0.717, 1.165) is 11.1 Å². The van der Waals surface area contributed by atoms with Gasteiger partial charge in [0.25, 0.3) is 5.69 Å². The molecular weight excluding hydrogens is 672 g/mol. The van der Waals surface area contributed by atoms with E-state index in [0.29, 0.717) is 58.4 Å². The molecule has 0 bridgehead atoms. The number of fused-ring (bicyclic) bond motifs is 1. The Morgan fingerprint density at radius 3 is 2.31 bits per heavy atom. The van der Waals surface area contributed by atoms with Gasteiger partial charge in [0.05, 0.1) is 43.4 Å². The molecule has 5 aromatic rings. The monoisotopic (exact) mass is 708 g/mol. The molecule has 2 amide bonds. The second-order valence-electron chi connectivity index (χ2n) is 12.8. The molecule has 0 unspecified atom stereocenters. The first-order chi connectivity index (χ1) is 24.9. The molecule has 1 aliphatic heterocycles. The number of hydrogen-bond acceptors (Lipinski definition) is 12. The zero-order valence-electron chi connectivity index (χ0n) is 29.0. The molecule has 0 radical (unpaired) electrons. The summed E-state index contributed by atoms with van der Waals surface area (Å²) in [4.78, 5) is 45.9. The molecule has 2 N–H and O–H groups in total. The smallest absolute Gasteiger partial charge is 0.417 e. The number of nitrogens with zero attached hydrogens (tertiary/aromatic N) is 4. The van der Waals surface area contributed by atoms with E-state index >= 15 is 0 Å². The number of anilines is 3. The van der Waals surface area contributed by atoms with Gasteiger partial charge < -0.3 is 33.9 Å². The van der Waals surface area contributed by atoms with Crippen LogP contribution in [0.15, 0.2) is 85.2 Å². The first-order valence-corrected chi connectivity index (χ1v) is 16.1. The third-order valence-electron chi connectivity index (χ3n) is 7.87. The fourth-order valence-electron chi connectivity index (χ4n) is 5.36. The van der Waals surface area contributed by atoms with E-state index in [2.05, 4.69) is 20.6 Å². The highest BCUT2D eigenvalue weighted by Gasteiger charge is 2.35. The lowest BCUT2D eigenvalue weighted by Gasteiger charge is -2.39. The molecule has 0 saturated carbocycles. The molecule has 52 heavy (non-hydrogen) atoms. The number of ether oxygens (including phenoxy) is 5. The Morgan fingerprint density at radius 2 is 1.62 bits per heavy atom. The molecule has 6 rings (SSSR count). The highest BCUT2D eigenvalue weighted by Crippen LogP contribution is 2.38. The van der Waals surface area contributed by atoms with Crippen LogP contribution in [0.1, 0.15) is 20.8 Å². The number of methoxy groups -OCH3 is 2. The molecule has 0 atom stereocenters. The van der Waals surface area contributed by atoms with Gasteiger partial charge >= 0.3 is 12.2 Å². The van der Waals surface area contributed by atoms with Gasteiger partial charge in [0.15, 0.2) is 11.5 Å². The number of nitro groups is 1. The van der Waals surface area contributed by atoms with Crippen molar-refractivity contribution in [2.45, 2.75) is 32.5 Å². The van der Waals surface area contributed by atoms with Gasteiger partial charge in [-0.3, -0.25) is 15.4 Å². The summed E-state index contributed by atoms with van der Waals surface area (Å²) in [6.45, 7) is 6.21. The number of amides is 2. The lowest BCUT2D eigenvalue weighted by Crippen LogP contribution is -2.57. The largest absolute Gasteiger partial charge is 0.495 e. The Bertz CT molecular complexity index is 2130. The van der Waals surface area contributed by atoms with Crippen molar-refractivity contribution in [1.82, 2.24) is 14.9 Å². The third-order valence-corrected chi connectivity index (χ3v) is 7.87. The second kappa shape index (κ2) is 14.7. The molecule has 1 saturated heterocycles. The zero-order valence-corrected chi connectivity index (χ0v) is 29.0. The van der Waals surface area contributed by atoms with Crippen LogP contribution in [0.2, 0.25) is 0 Å². The maximum Gasteiger partial charge on any atom is 0.417 e. The number of nitro benzene ring substituents is 1. The number of likely N-dealkylation sites (tertiary alicyclic amines) is 1. The molecule has 1 aliphatic rings. The summed E-state index contributed by atoms with van der Waals surface area (Å²) in [6.07, 6.45) is 0.0397. The number of carbonyl (C=O) groups excluding carboxylic acids is 2. The number of non-ortho nitro benzene ring substituents is 1. The van der Waals surface area contributed by atoms with Gasteiger partial charge in [0.2, 0.25) is 0 Å². The van der Waals surface area contributed by atoms with Gasteiger partial charge in [-0.1, -0.05) is 18.2 Å². The molecule has 15 nitrogen and oxygen atoms in total. The Morgan fingerprint density at radius 1 is 0.885 bits per heavy atom. The molecule has 0 spiro atoms. The number of nitrogens with one attached hydrogen (secondary N) is 2. The average Bonchev–Trinajstić information content (AvgIpc) is 3.09. The normalized spacial score (nSPS) is 12.8. The molecule has 1 aromatic heterocycles. The quantitative estimate of drug-likeness (QED) is 0.108. The highest BCUT2D eigenvalue weighted by atomic mass is 16.6.